The van der Waals surface area contributed by atoms with Crippen molar-refractivity contribution in [3.8, 4) is 17.4 Å². The lowest BCUT2D eigenvalue weighted by atomic mass is 9.74. The van der Waals surface area contributed by atoms with Crippen molar-refractivity contribution in [2.45, 2.75) is 37.7 Å². The number of hydrogen-bond donors (Lipinski definition) is 0. The normalized spacial score (nSPS) is 22.0. The molecule has 3 aromatic rings. The van der Waals surface area contributed by atoms with Gasteiger partial charge in [-0.3, -0.25) is 9.55 Å². The van der Waals surface area contributed by atoms with E-state index in [0.29, 0.717) is 18.5 Å². The highest BCUT2D eigenvalue weighted by atomic mass is 19.4. The molecule has 5 heterocycles. The summed E-state index contributed by atoms with van der Waals surface area (Å²) < 4.78 is 79.8. The van der Waals surface area contributed by atoms with Gasteiger partial charge in [-0.1, -0.05) is 0 Å². The number of pyridine rings is 1. The average molecular weight is 492 g/mol. The van der Waals surface area contributed by atoms with Crippen LogP contribution in [0.2, 0.25) is 0 Å². The summed E-state index contributed by atoms with van der Waals surface area (Å²) in [6.07, 6.45) is -1.81. The van der Waals surface area contributed by atoms with E-state index in [9.17, 15) is 26.7 Å². The zero-order chi connectivity index (χ0) is 24.5. The molecular formula is C23H17F5N4O3. The number of rotatable bonds is 5. The van der Waals surface area contributed by atoms with Gasteiger partial charge in [0, 0.05) is 24.9 Å². The molecule has 1 aliphatic carbocycles. The van der Waals surface area contributed by atoms with E-state index in [1.807, 2.05) is 0 Å². The fourth-order valence-corrected chi connectivity index (χ4v) is 5.28. The summed E-state index contributed by atoms with van der Waals surface area (Å²) in [6, 6.07) is 5.13. The van der Waals surface area contributed by atoms with Crippen molar-refractivity contribution in [2.75, 3.05) is 11.4 Å². The lowest BCUT2D eigenvalue weighted by Gasteiger charge is -2.37. The van der Waals surface area contributed by atoms with E-state index in [1.165, 1.54) is 0 Å². The van der Waals surface area contributed by atoms with Crippen LogP contribution >= 0.6 is 0 Å². The number of nitrogens with zero attached hydrogens (tertiary/aromatic N) is 4. The molecular weight excluding hydrogens is 475 g/mol. The molecule has 2 aromatic heterocycles. The Morgan fingerprint density at radius 1 is 1.11 bits per heavy atom. The third kappa shape index (κ3) is 3.58. The molecule has 3 aliphatic heterocycles. The fraction of sp³-hybridized carbons (Fsp3) is 0.348. The van der Waals surface area contributed by atoms with Crippen LogP contribution in [0.4, 0.5) is 27.8 Å². The van der Waals surface area contributed by atoms with Gasteiger partial charge in [-0.2, -0.15) is 18.2 Å². The van der Waals surface area contributed by atoms with E-state index in [-0.39, 0.29) is 23.6 Å². The molecule has 2 bridgehead atoms. The first-order valence-corrected chi connectivity index (χ1v) is 10.8. The Balaban J connectivity index is 1.19. The molecule has 12 heteroatoms. The minimum absolute atomic E-state index is 0.00506. The minimum atomic E-state index is -4.73. The Bertz CT molecular complexity index is 1380. The van der Waals surface area contributed by atoms with E-state index < -0.39 is 40.7 Å². The zero-order valence-corrected chi connectivity index (χ0v) is 18.0. The molecule has 7 rings (SSSR count). The van der Waals surface area contributed by atoms with Gasteiger partial charge in [0.05, 0.1) is 12.1 Å². The second-order valence-electron chi connectivity index (χ2n) is 9.08. The van der Waals surface area contributed by atoms with Crippen LogP contribution in [0.3, 0.4) is 0 Å². The number of anilines is 1. The molecule has 7 nitrogen and oxygen atoms in total. The first-order valence-electron chi connectivity index (χ1n) is 10.8. The molecule has 1 aromatic carbocycles. The molecule has 3 fully saturated rings. The highest BCUT2D eigenvalue weighted by molar-refractivity contribution is 5.54. The Labute approximate surface area is 194 Å². The predicted molar refractivity (Wildman–Crippen MR) is 111 cm³/mol. The molecule has 182 valence electrons. The van der Waals surface area contributed by atoms with E-state index >= 15 is 0 Å². The lowest BCUT2D eigenvalue weighted by Crippen LogP contribution is -2.44. The predicted octanol–water partition coefficient (Wildman–Crippen LogP) is 4.29. The summed E-state index contributed by atoms with van der Waals surface area (Å²) in [5, 5.41) is 0. The van der Waals surface area contributed by atoms with Crippen LogP contribution < -0.4 is 20.1 Å². The highest BCUT2D eigenvalue weighted by Gasteiger charge is 2.60. The Morgan fingerprint density at radius 3 is 2.57 bits per heavy atom. The van der Waals surface area contributed by atoms with Crippen molar-refractivity contribution < 1.29 is 31.4 Å². The van der Waals surface area contributed by atoms with E-state index in [2.05, 4.69) is 14.9 Å². The van der Waals surface area contributed by atoms with Crippen LogP contribution in [0.25, 0.3) is 0 Å². The van der Waals surface area contributed by atoms with Gasteiger partial charge in [0.1, 0.15) is 23.9 Å². The van der Waals surface area contributed by atoms with Crippen molar-refractivity contribution in [1.29, 1.82) is 0 Å². The molecule has 4 aliphatic rings. The van der Waals surface area contributed by atoms with Crippen molar-refractivity contribution in [1.82, 2.24) is 14.5 Å². The molecule has 0 radical (unpaired) electrons. The summed E-state index contributed by atoms with van der Waals surface area (Å²) in [5.74, 6) is -2.13. The van der Waals surface area contributed by atoms with Crippen LogP contribution in [-0.2, 0) is 19.3 Å². The van der Waals surface area contributed by atoms with Gasteiger partial charge in [0.15, 0.2) is 17.4 Å². The van der Waals surface area contributed by atoms with Gasteiger partial charge in [0.2, 0.25) is 5.88 Å². The molecule has 1 saturated carbocycles. The van der Waals surface area contributed by atoms with Crippen molar-refractivity contribution in [2.24, 2.45) is 5.92 Å². The summed E-state index contributed by atoms with van der Waals surface area (Å²) in [7, 11) is 0. The third-order valence-electron chi connectivity index (χ3n) is 6.73. The van der Waals surface area contributed by atoms with Gasteiger partial charge in [-0.15, -0.1) is 0 Å². The van der Waals surface area contributed by atoms with Gasteiger partial charge in [-0.05, 0) is 42.5 Å². The Kier molecular flexibility index (Phi) is 4.61. The lowest BCUT2D eigenvalue weighted by molar-refractivity contribution is -0.141. The highest BCUT2D eigenvalue weighted by Crippen LogP contribution is 2.56. The van der Waals surface area contributed by atoms with Gasteiger partial charge < -0.3 is 14.4 Å². The first-order chi connectivity index (χ1) is 16.6. The van der Waals surface area contributed by atoms with Crippen LogP contribution in [0.15, 0.2) is 41.3 Å². The maximum Gasteiger partial charge on any atom is 0.433 e. The van der Waals surface area contributed by atoms with Crippen molar-refractivity contribution in [3.63, 3.8) is 0 Å². The largest absolute Gasteiger partial charge is 0.473 e. The molecule has 0 unspecified atom stereocenters. The van der Waals surface area contributed by atoms with Gasteiger partial charge in [0.25, 0.3) is 0 Å². The van der Waals surface area contributed by atoms with Crippen LogP contribution in [-0.4, -0.2) is 26.6 Å². The second kappa shape index (κ2) is 7.40. The number of fused-ring (bicyclic) bond motifs is 1. The van der Waals surface area contributed by atoms with E-state index in [0.717, 1.165) is 49.6 Å². The number of alkyl halides is 3. The second-order valence-corrected chi connectivity index (χ2v) is 9.08. The molecule has 0 amide bonds. The zero-order valence-electron chi connectivity index (χ0n) is 18.0. The first kappa shape index (κ1) is 21.8. The standard InChI is InChI=1S/C23H17F5N4O3/c24-15-3-12(4-16(25)20(15)35-14-1-2-29-17(5-14)23(26,27)28)10-34-18-6-19-31(21(33)30-18)11-22-7-13(8-22)9-32(19)22/h1-6,13H,7-11H2. The Hall–Kier alpha value is -3.70. The number of hydrogen-bond acceptors (Lipinski definition) is 6. The van der Waals surface area contributed by atoms with Crippen molar-refractivity contribution in [3.05, 3.63) is 69.9 Å². The molecule has 0 atom stereocenters. The topological polar surface area (TPSA) is 69.5 Å². The summed E-state index contributed by atoms with van der Waals surface area (Å²) in [6.45, 7) is 1.19. The van der Waals surface area contributed by atoms with E-state index in [4.69, 9.17) is 9.47 Å². The minimum Gasteiger partial charge on any atom is -0.473 e. The van der Waals surface area contributed by atoms with Crippen LogP contribution in [0.5, 0.6) is 17.4 Å². The molecule has 2 saturated heterocycles. The monoisotopic (exact) mass is 492 g/mol. The van der Waals surface area contributed by atoms with Crippen LogP contribution in [0.1, 0.15) is 24.1 Å². The number of halogens is 5. The smallest absolute Gasteiger partial charge is 0.433 e. The maximum atomic E-state index is 14.6. The summed E-state index contributed by atoms with van der Waals surface area (Å²) >= 11 is 0. The van der Waals surface area contributed by atoms with Gasteiger partial charge in [-0.25, -0.2) is 13.6 Å². The van der Waals surface area contributed by atoms with Crippen molar-refractivity contribution >= 4 is 5.82 Å². The number of ether oxygens (including phenoxy) is 2. The SMILES string of the molecule is O=c1nc(OCc2cc(F)c(Oc3ccnc(C(F)(F)F)c3)c(F)c2)cc2n1CC13CC(CN21)C3. The maximum absolute atomic E-state index is 14.6. The molecule has 1 spiro atoms. The van der Waals surface area contributed by atoms with Crippen LogP contribution in [0, 0.1) is 17.6 Å². The Morgan fingerprint density at radius 2 is 1.86 bits per heavy atom. The summed E-state index contributed by atoms with van der Waals surface area (Å²) in [5.41, 5.74) is -1.62. The molecule has 0 N–H and O–H groups in total. The number of aromatic nitrogens is 3. The number of benzene rings is 1. The summed E-state index contributed by atoms with van der Waals surface area (Å²) in [4.78, 5) is 21.8. The third-order valence-corrected chi connectivity index (χ3v) is 6.73. The van der Waals surface area contributed by atoms with Gasteiger partial charge >= 0.3 is 11.9 Å². The quantitative estimate of drug-likeness (QED) is 0.495. The molecule has 35 heavy (non-hydrogen) atoms. The average Bonchev–Trinajstić information content (AvgIpc) is 3.41. The van der Waals surface area contributed by atoms with E-state index in [1.54, 1.807) is 10.6 Å². The fourth-order valence-electron chi connectivity index (χ4n) is 5.28.